The first kappa shape index (κ1) is 24.8. The fourth-order valence-electron chi connectivity index (χ4n) is 8.24. The van der Waals surface area contributed by atoms with Crippen LogP contribution in [0.3, 0.4) is 0 Å². The Labute approximate surface area is 202 Å². The Morgan fingerprint density at radius 2 is 1.55 bits per heavy atom. The maximum Gasteiger partial charge on any atom is 0.324 e. The molecule has 0 spiro atoms. The predicted molar refractivity (Wildman–Crippen MR) is 135 cm³/mol. The van der Waals surface area contributed by atoms with Gasteiger partial charge in [-0.05, 0) is 74.0 Å². The Morgan fingerprint density at radius 3 is 2.21 bits per heavy atom. The summed E-state index contributed by atoms with van der Waals surface area (Å²) in [7, 11) is 0. The van der Waals surface area contributed by atoms with Crippen molar-refractivity contribution in [3.05, 3.63) is 12.2 Å². The van der Waals surface area contributed by atoms with Crippen LogP contribution in [0.2, 0.25) is 0 Å². The highest BCUT2D eigenvalue weighted by Gasteiger charge is 2.53. The lowest BCUT2D eigenvalue weighted by molar-refractivity contribution is -0.135. The topological polar surface area (TPSA) is 49.4 Å². The molecule has 33 heavy (non-hydrogen) atoms. The van der Waals surface area contributed by atoms with Crippen molar-refractivity contribution < 1.29 is 9.59 Å². The van der Waals surface area contributed by atoms with Gasteiger partial charge >= 0.3 is 6.03 Å². The van der Waals surface area contributed by atoms with Crippen molar-refractivity contribution in [1.29, 1.82) is 0 Å². The summed E-state index contributed by atoms with van der Waals surface area (Å²) < 4.78 is 0. The molecule has 3 amide bonds. The number of urea groups is 1. The molecule has 4 rings (SSSR count). The van der Waals surface area contributed by atoms with Gasteiger partial charge in [0.15, 0.2) is 0 Å². The first-order chi connectivity index (χ1) is 15.7. The number of nitrogens with one attached hydrogen (secondary N) is 1. The van der Waals surface area contributed by atoms with E-state index in [9.17, 15) is 9.59 Å². The van der Waals surface area contributed by atoms with Crippen LogP contribution in [-0.4, -0.2) is 28.9 Å². The molecule has 0 unspecified atom stereocenters. The van der Waals surface area contributed by atoms with Crippen LogP contribution < -0.4 is 5.32 Å². The van der Waals surface area contributed by atoms with Gasteiger partial charge in [0.25, 0.3) is 0 Å². The monoisotopic (exact) mass is 456 g/mol. The number of hydrogen-bond donors (Lipinski definition) is 1. The summed E-state index contributed by atoms with van der Waals surface area (Å²) in [6.45, 7) is 11.7. The number of nitrogens with zero attached hydrogens (tertiary/aromatic N) is 1. The molecule has 0 heterocycles. The van der Waals surface area contributed by atoms with Crippen LogP contribution in [0.25, 0.3) is 0 Å². The number of fused-ring (bicyclic) bond motifs is 1. The fourth-order valence-corrected chi connectivity index (χ4v) is 8.24. The van der Waals surface area contributed by atoms with Crippen LogP contribution >= 0.6 is 0 Å². The fraction of sp³-hybridized carbons (Fsp3) is 0.862. The minimum atomic E-state index is -0.120. The molecule has 1 N–H and O–H groups in total. The van der Waals surface area contributed by atoms with Gasteiger partial charge in [-0.2, -0.15) is 0 Å². The van der Waals surface area contributed by atoms with E-state index in [0.29, 0.717) is 17.8 Å². The summed E-state index contributed by atoms with van der Waals surface area (Å²) in [4.78, 5) is 29.1. The van der Waals surface area contributed by atoms with Crippen LogP contribution in [0, 0.1) is 22.7 Å². The lowest BCUT2D eigenvalue weighted by Gasteiger charge is -2.58. The molecular weight excluding hydrogens is 408 g/mol. The van der Waals surface area contributed by atoms with Crippen molar-refractivity contribution in [1.82, 2.24) is 10.2 Å². The second kappa shape index (κ2) is 10.1. The summed E-state index contributed by atoms with van der Waals surface area (Å²) >= 11 is 0. The van der Waals surface area contributed by atoms with Crippen molar-refractivity contribution in [3.8, 4) is 0 Å². The summed E-state index contributed by atoms with van der Waals surface area (Å²) in [5.74, 6) is 0.866. The van der Waals surface area contributed by atoms with Crippen LogP contribution in [-0.2, 0) is 4.79 Å². The zero-order valence-electron chi connectivity index (χ0n) is 21.6. The Balaban J connectivity index is 1.53. The van der Waals surface area contributed by atoms with E-state index in [4.69, 9.17) is 0 Å². The van der Waals surface area contributed by atoms with Gasteiger partial charge in [0.05, 0.1) is 0 Å². The van der Waals surface area contributed by atoms with Gasteiger partial charge in [0, 0.05) is 18.5 Å². The minimum Gasteiger partial charge on any atom is -0.335 e. The first-order valence-electron chi connectivity index (χ1n) is 14.0. The second-order valence-electron chi connectivity index (χ2n) is 12.7. The van der Waals surface area contributed by atoms with Crippen molar-refractivity contribution in [2.75, 3.05) is 0 Å². The molecule has 4 saturated carbocycles. The summed E-state index contributed by atoms with van der Waals surface area (Å²) in [6, 6.07) is 0.180. The van der Waals surface area contributed by atoms with E-state index in [1.165, 1.54) is 56.9 Å². The number of carbonyl (C=O) groups excluding carboxylic acids is 2. The highest BCUT2D eigenvalue weighted by atomic mass is 16.2. The molecule has 0 aliphatic heterocycles. The average molecular weight is 457 g/mol. The Kier molecular flexibility index (Phi) is 7.60. The third-order valence-corrected chi connectivity index (χ3v) is 10.1. The molecule has 4 aliphatic rings. The zero-order chi connectivity index (χ0) is 23.6. The molecule has 4 aliphatic carbocycles. The number of hydrogen-bond acceptors (Lipinski definition) is 2. The third-order valence-electron chi connectivity index (χ3n) is 10.1. The van der Waals surface area contributed by atoms with Crippen LogP contribution in [0.5, 0.6) is 0 Å². The molecular formula is C29H48N2O2. The van der Waals surface area contributed by atoms with Gasteiger partial charge in [0.2, 0.25) is 5.91 Å². The normalized spacial score (nSPS) is 33.2. The molecule has 0 radical (unpaired) electrons. The van der Waals surface area contributed by atoms with Gasteiger partial charge in [-0.15, -0.1) is 0 Å². The van der Waals surface area contributed by atoms with E-state index in [-0.39, 0.29) is 35.4 Å². The highest BCUT2D eigenvalue weighted by molar-refractivity contribution is 5.95. The molecule has 3 atom stereocenters. The predicted octanol–water partition coefficient (Wildman–Crippen LogP) is 7.38. The molecule has 0 bridgehead atoms. The maximum atomic E-state index is 13.9. The molecule has 0 saturated heterocycles. The van der Waals surface area contributed by atoms with Crippen molar-refractivity contribution in [3.63, 3.8) is 0 Å². The Morgan fingerprint density at radius 1 is 0.909 bits per heavy atom. The SMILES string of the molecule is C=C1CC[C@H]2C(C)(C)CCC[C@]2(C)[C@H]1CC(=O)N(C(=O)NC1CCCCC1)C1CCCCC1. The third kappa shape index (κ3) is 5.20. The lowest BCUT2D eigenvalue weighted by Crippen LogP contribution is -2.55. The lowest BCUT2D eigenvalue weighted by atomic mass is 9.47. The highest BCUT2D eigenvalue weighted by Crippen LogP contribution is 2.61. The molecule has 4 nitrogen and oxygen atoms in total. The van der Waals surface area contributed by atoms with Crippen molar-refractivity contribution in [2.24, 2.45) is 22.7 Å². The van der Waals surface area contributed by atoms with Crippen molar-refractivity contribution in [2.45, 2.75) is 136 Å². The van der Waals surface area contributed by atoms with Gasteiger partial charge in [-0.25, -0.2) is 4.79 Å². The van der Waals surface area contributed by atoms with Crippen LogP contribution in [0.15, 0.2) is 12.2 Å². The summed E-state index contributed by atoms with van der Waals surface area (Å²) in [5, 5.41) is 3.27. The smallest absolute Gasteiger partial charge is 0.324 e. The Bertz CT molecular complexity index is 732. The summed E-state index contributed by atoms with van der Waals surface area (Å²) in [5.41, 5.74) is 1.68. The standard InChI is InChI=1S/C29H48N2O2/c1-21-16-17-25-28(2,3)18-11-19-29(25,4)24(21)20-26(32)31(23-14-9-6-10-15-23)27(33)30-22-12-7-5-8-13-22/h22-25H,1,5-20H2,2-4H3,(H,30,33)/t24-,25-,29+/m0/s1. The number of carbonyl (C=O) groups is 2. The number of rotatable bonds is 4. The van der Waals surface area contributed by atoms with E-state index in [2.05, 4.69) is 32.7 Å². The van der Waals surface area contributed by atoms with Gasteiger partial charge in [-0.3, -0.25) is 9.69 Å². The van der Waals surface area contributed by atoms with Gasteiger partial charge in [-0.1, -0.05) is 77.9 Å². The summed E-state index contributed by atoms with van der Waals surface area (Å²) in [6.07, 6.45) is 17.5. The van der Waals surface area contributed by atoms with Crippen molar-refractivity contribution >= 4 is 11.9 Å². The largest absolute Gasteiger partial charge is 0.335 e. The molecule has 4 fully saturated rings. The number of amides is 3. The van der Waals surface area contributed by atoms with E-state index in [1.807, 2.05) is 0 Å². The first-order valence-corrected chi connectivity index (χ1v) is 14.0. The van der Waals surface area contributed by atoms with Crippen LogP contribution in [0.4, 0.5) is 4.79 Å². The van der Waals surface area contributed by atoms with E-state index < -0.39 is 0 Å². The minimum absolute atomic E-state index is 0.0478. The van der Waals surface area contributed by atoms with E-state index >= 15 is 0 Å². The van der Waals surface area contributed by atoms with E-state index in [1.54, 1.807) is 4.90 Å². The van der Waals surface area contributed by atoms with E-state index in [0.717, 1.165) is 44.9 Å². The van der Waals surface area contributed by atoms with Gasteiger partial charge < -0.3 is 5.32 Å². The quantitative estimate of drug-likeness (QED) is 0.449. The number of allylic oxidation sites excluding steroid dienone is 1. The molecule has 186 valence electrons. The molecule has 4 heteroatoms. The second-order valence-corrected chi connectivity index (χ2v) is 12.7. The average Bonchev–Trinajstić information content (AvgIpc) is 2.77. The molecule has 0 aromatic carbocycles. The van der Waals surface area contributed by atoms with Gasteiger partial charge in [0.1, 0.15) is 0 Å². The molecule has 0 aromatic heterocycles. The molecule has 0 aromatic rings. The maximum absolute atomic E-state index is 13.9. The van der Waals surface area contributed by atoms with Crippen LogP contribution in [0.1, 0.15) is 124 Å². The number of imide groups is 1. The zero-order valence-corrected chi connectivity index (χ0v) is 21.6. The Hall–Kier alpha value is -1.32.